The van der Waals surface area contributed by atoms with Gasteiger partial charge in [0.25, 0.3) is 0 Å². The predicted molar refractivity (Wildman–Crippen MR) is 121 cm³/mol. The van der Waals surface area contributed by atoms with Gasteiger partial charge in [0.15, 0.2) is 0 Å². The van der Waals surface area contributed by atoms with E-state index in [0.717, 1.165) is 61.4 Å². The van der Waals surface area contributed by atoms with Gasteiger partial charge in [0.05, 0.1) is 5.69 Å². The molecule has 2 heterocycles. The van der Waals surface area contributed by atoms with E-state index in [2.05, 4.69) is 78.4 Å². The Morgan fingerprint density at radius 2 is 1.55 bits per heavy atom. The van der Waals surface area contributed by atoms with Gasteiger partial charge in [0.1, 0.15) is 5.82 Å². The monoisotopic (exact) mass is 387 g/mol. The highest BCUT2D eigenvalue weighted by atomic mass is 15.3. The number of nitrogens with one attached hydrogen (secondary N) is 1. The van der Waals surface area contributed by atoms with E-state index in [1.165, 1.54) is 11.1 Å². The van der Waals surface area contributed by atoms with Crippen LogP contribution in [-0.4, -0.2) is 47.6 Å². The van der Waals surface area contributed by atoms with Crippen LogP contribution in [0.15, 0.2) is 54.6 Å². The summed E-state index contributed by atoms with van der Waals surface area (Å²) in [6.45, 7) is 11.6. The Bertz CT molecular complexity index is 942. The second-order valence-electron chi connectivity index (χ2n) is 7.62. The Morgan fingerprint density at radius 1 is 0.862 bits per heavy atom. The highest BCUT2D eigenvalue weighted by molar-refractivity contribution is 5.70. The third-order valence-electron chi connectivity index (χ3n) is 5.62. The van der Waals surface area contributed by atoms with Gasteiger partial charge in [-0.3, -0.25) is 0 Å². The smallest absolute Gasteiger partial charge is 0.227 e. The van der Waals surface area contributed by atoms with Crippen molar-refractivity contribution in [2.45, 2.75) is 20.8 Å². The second kappa shape index (κ2) is 8.62. The number of benzene rings is 2. The summed E-state index contributed by atoms with van der Waals surface area (Å²) in [5.74, 6) is 1.64. The summed E-state index contributed by atoms with van der Waals surface area (Å²) in [6.07, 6.45) is 0. The Hall–Kier alpha value is -2.92. The maximum absolute atomic E-state index is 4.92. The highest BCUT2D eigenvalue weighted by Gasteiger charge is 2.19. The van der Waals surface area contributed by atoms with E-state index in [9.17, 15) is 0 Å². The van der Waals surface area contributed by atoms with Crippen molar-refractivity contribution in [3.63, 3.8) is 0 Å². The molecule has 0 amide bonds. The standard InChI is InChI=1S/C24H29N5/c1-4-28-13-15-29(16-14-28)24-25-21(20-11-6-5-7-12-20)17-22(27-24)26-23-18(2)9-8-10-19(23)3/h5-12,17H,4,13-16H2,1-3H3,(H,25,26,27). The normalized spacial score (nSPS) is 14.8. The third kappa shape index (κ3) is 4.40. The first-order chi connectivity index (χ1) is 14.1. The van der Waals surface area contributed by atoms with Gasteiger partial charge in [-0.25, -0.2) is 4.98 Å². The van der Waals surface area contributed by atoms with E-state index < -0.39 is 0 Å². The average molecular weight is 388 g/mol. The maximum atomic E-state index is 4.92. The lowest BCUT2D eigenvalue weighted by Gasteiger charge is -2.34. The Kier molecular flexibility index (Phi) is 5.76. The van der Waals surface area contributed by atoms with Crippen LogP contribution < -0.4 is 10.2 Å². The van der Waals surface area contributed by atoms with Gasteiger partial charge in [-0.05, 0) is 31.5 Å². The van der Waals surface area contributed by atoms with Crippen molar-refractivity contribution >= 4 is 17.5 Å². The van der Waals surface area contributed by atoms with Crippen LogP contribution in [0.5, 0.6) is 0 Å². The predicted octanol–water partition coefficient (Wildman–Crippen LogP) is 4.65. The molecule has 1 aliphatic rings. The fraction of sp³-hybridized carbons (Fsp3) is 0.333. The number of aromatic nitrogens is 2. The minimum absolute atomic E-state index is 0.802. The molecule has 1 N–H and O–H groups in total. The molecule has 1 saturated heterocycles. The molecule has 5 nitrogen and oxygen atoms in total. The molecule has 150 valence electrons. The molecule has 0 spiro atoms. The van der Waals surface area contributed by atoms with E-state index in [4.69, 9.17) is 9.97 Å². The van der Waals surface area contributed by atoms with Crippen molar-refractivity contribution in [2.24, 2.45) is 0 Å². The van der Waals surface area contributed by atoms with Crippen molar-refractivity contribution in [3.8, 4) is 11.3 Å². The minimum atomic E-state index is 0.802. The van der Waals surface area contributed by atoms with E-state index >= 15 is 0 Å². The third-order valence-corrected chi connectivity index (χ3v) is 5.62. The van der Waals surface area contributed by atoms with E-state index in [1.807, 2.05) is 12.1 Å². The molecule has 0 aliphatic carbocycles. The van der Waals surface area contributed by atoms with Crippen molar-refractivity contribution in [1.29, 1.82) is 0 Å². The van der Waals surface area contributed by atoms with Crippen LogP contribution in [0.25, 0.3) is 11.3 Å². The van der Waals surface area contributed by atoms with Gasteiger partial charge in [-0.1, -0.05) is 55.5 Å². The Labute approximate surface area is 173 Å². The van der Waals surface area contributed by atoms with Crippen LogP contribution >= 0.6 is 0 Å². The molecule has 29 heavy (non-hydrogen) atoms. The van der Waals surface area contributed by atoms with Crippen LogP contribution in [0.4, 0.5) is 17.5 Å². The quantitative estimate of drug-likeness (QED) is 0.691. The average Bonchev–Trinajstić information content (AvgIpc) is 2.77. The van der Waals surface area contributed by atoms with Gasteiger partial charge in [0, 0.05) is 43.5 Å². The number of aryl methyl sites for hydroxylation is 2. The summed E-state index contributed by atoms with van der Waals surface area (Å²) in [5, 5.41) is 3.56. The number of para-hydroxylation sites is 1. The first-order valence-electron chi connectivity index (χ1n) is 10.4. The van der Waals surface area contributed by atoms with Crippen LogP contribution in [0.2, 0.25) is 0 Å². The largest absolute Gasteiger partial charge is 0.340 e. The Balaban J connectivity index is 1.71. The molecule has 2 aromatic carbocycles. The van der Waals surface area contributed by atoms with Crippen molar-refractivity contribution in [1.82, 2.24) is 14.9 Å². The van der Waals surface area contributed by atoms with Gasteiger partial charge < -0.3 is 15.1 Å². The van der Waals surface area contributed by atoms with Crippen molar-refractivity contribution in [2.75, 3.05) is 42.9 Å². The number of anilines is 3. The molecule has 0 bridgehead atoms. The number of hydrogen-bond acceptors (Lipinski definition) is 5. The van der Waals surface area contributed by atoms with Gasteiger partial charge in [0.2, 0.25) is 5.95 Å². The van der Waals surface area contributed by atoms with Crippen LogP contribution in [0.1, 0.15) is 18.1 Å². The highest BCUT2D eigenvalue weighted by Crippen LogP contribution is 2.28. The first kappa shape index (κ1) is 19.4. The fourth-order valence-electron chi connectivity index (χ4n) is 3.80. The molecule has 0 unspecified atom stereocenters. The molecular formula is C24H29N5. The molecule has 1 fully saturated rings. The Morgan fingerprint density at radius 3 is 2.21 bits per heavy atom. The van der Waals surface area contributed by atoms with Gasteiger partial charge in [-0.15, -0.1) is 0 Å². The zero-order valence-electron chi connectivity index (χ0n) is 17.5. The molecule has 5 heteroatoms. The van der Waals surface area contributed by atoms with E-state index in [0.29, 0.717) is 0 Å². The molecule has 0 atom stereocenters. The lowest BCUT2D eigenvalue weighted by atomic mass is 10.1. The lowest BCUT2D eigenvalue weighted by Crippen LogP contribution is -2.46. The van der Waals surface area contributed by atoms with Gasteiger partial charge in [-0.2, -0.15) is 4.98 Å². The molecule has 1 aliphatic heterocycles. The van der Waals surface area contributed by atoms with Crippen LogP contribution in [-0.2, 0) is 0 Å². The summed E-state index contributed by atoms with van der Waals surface area (Å²) in [4.78, 5) is 14.6. The molecule has 3 aromatic rings. The number of hydrogen-bond donors (Lipinski definition) is 1. The minimum Gasteiger partial charge on any atom is -0.340 e. The number of likely N-dealkylation sites (N-methyl/N-ethyl adjacent to an activating group) is 1. The summed E-state index contributed by atoms with van der Waals surface area (Å²) < 4.78 is 0. The van der Waals surface area contributed by atoms with Crippen molar-refractivity contribution < 1.29 is 0 Å². The summed E-state index contributed by atoms with van der Waals surface area (Å²) in [6, 6.07) is 18.7. The van der Waals surface area contributed by atoms with Crippen LogP contribution in [0, 0.1) is 13.8 Å². The van der Waals surface area contributed by atoms with Crippen molar-refractivity contribution in [3.05, 3.63) is 65.7 Å². The summed E-state index contributed by atoms with van der Waals surface area (Å²) in [5.41, 5.74) is 5.59. The zero-order chi connectivity index (χ0) is 20.2. The molecule has 1 aromatic heterocycles. The molecule has 0 radical (unpaired) electrons. The topological polar surface area (TPSA) is 44.3 Å². The summed E-state index contributed by atoms with van der Waals surface area (Å²) >= 11 is 0. The second-order valence-corrected chi connectivity index (χ2v) is 7.62. The fourth-order valence-corrected chi connectivity index (χ4v) is 3.80. The number of piperazine rings is 1. The van der Waals surface area contributed by atoms with Gasteiger partial charge >= 0.3 is 0 Å². The van der Waals surface area contributed by atoms with E-state index in [-0.39, 0.29) is 0 Å². The van der Waals surface area contributed by atoms with Crippen LogP contribution in [0.3, 0.4) is 0 Å². The number of nitrogens with zero attached hydrogens (tertiary/aromatic N) is 4. The summed E-state index contributed by atoms with van der Waals surface area (Å²) in [7, 11) is 0. The number of rotatable bonds is 5. The van der Waals surface area contributed by atoms with E-state index in [1.54, 1.807) is 0 Å². The molecule has 0 saturated carbocycles. The first-order valence-corrected chi connectivity index (χ1v) is 10.4. The SMILES string of the molecule is CCN1CCN(c2nc(Nc3c(C)cccc3C)cc(-c3ccccc3)n2)CC1. The lowest BCUT2D eigenvalue weighted by molar-refractivity contribution is 0.270. The molecular weight excluding hydrogens is 358 g/mol. The zero-order valence-corrected chi connectivity index (χ0v) is 17.5. The maximum Gasteiger partial charge on any atom is 0.227 e. The molecule has 4 rings (SSSR count).